The van der Waals surface area contributed by atoms with E-state index in [4.69, 9.17) is 0 Å². The highest BCUT2D eigenvalue weighted by atomic mass is 32.2. The van der Waals surface area contributed by atoms with E-state index in [-0.39, 0.29) is 5.75 Å². The molecule has 0 aliphatic rings. The lowest BCUT2D eigenvalue weighted by Crippen LogP contribution is -2.34. The molecular weight excluding hydrogens is 390 g/mol. The van der Waals surface area contributed by atoms with E-state index in [1.54, 1.807) is 6.07 Å². The lowest BCUT2D eigenvalue weighted by Gasteiger charge is -2.29. The first-order valence-electron chi connectivity index (χ1n) is 9.08. The first-order valence-corrected chi connectivity index (χ1v) is 10.4. The molecule has 0 aliphatic carbocycles. The quantitative estimate of drug-likeness (QED) is 0.495. The van der Waals surface area contributed by atoms with Crippen LogP contribution in [0.2, 0.25) is 0 Å². The van der Waals surface area contributed by atoms with Crippen LogP contribution in [0.4, 0.5) is 8.78 Å². The number of halogens is 2. The number of fused-ring (bicyclic) bond motifs is 1. The van der Waals surface area contributed by atoms with Crippen molar-refractivity contribution in [3.63, 3.8) is 0 Å². The van der Waals surface area contributed by atoms with Crippen LogP contribution in [-0.2, 0) is 16.4 Å². The van der Waals surface area contributed by atoms with Gasteiger partial charge in [-0.1, -0.05) is 60.7 Å². The lowest BCUT2D eigenvalue weighted by atomic mass is 9.88. The summed E-state index contributed by atoms with van der Waals surface area (Å²) in [5.74, 6) is -1.03. The highest BCUT2D eigenvalue weighted by Crippen LogP contribution is 2.33. The van der Waals surface area contributed by atoms with Gasteiger partial charge >= 0.3 is 0 Å². The van der Waals surface area contributed by atoms with E-state index in [1.165, 1.54) is 48.5 Å². The zero-order valence-corrected chi connectivity index (χ0v) is 16.2. The molecule has 4 rings (SSSR count). The van der Waals surface area contributed by atoms with Crippen molar-refractivity contribution in [2.75, 3.05) is 5.75 Å². The minimum absolute atomic E-state index is 0.154. The van der Waals surface area contributed by atoms with E-state index in [0.717, 1.165) is 10.8 Å². The van der Waals surface area contributed by atoms with Crippen LogP contribution in [0.5, 0.6) is 0 Å². The van der Waals surface area contributed by atoms with Crippen molar-refractivity contribution in [2.45, 2.75) is 10.5 Å². The summed E-state index contributed by atoms with van der Waals surface area (Å²) in [7, 11) is -1.58. The third-order valence-electron chi connectivity index (χ3n) is 4.98. The zero-order chi connectivity index (χ0) is 20.4. The fraction of sp³-hybridized carbons (Fsp3) is 0.0833. The molecule has 2 nitrogen and oxygen atoms in total. The van der Waals surface area contributed by atoms with Crippen molar-refractivity contribution in [1.82, 2.24) is 0 Å². The van der Waals surface area contributed by atoms with Gasteiger partial charge in [-0.05, 0) is 52.2 Å². The monoisotopic (exact) mass is 408 g/mol. The molecule has 0 spiro atoms. The summed E-state index contributed by atoms with van der Waals surface area (Å²) in [5, 5.41) is 13.4. The number of hydrogen-bond donors (Lipinski definition) is 1. The molecule has 146 valence electrons. The van der Waals surface area contributed by atoms with E-state index in [9.17, 15) is 18.1 Å². The van der Waals surface area contributed by atoms with Crippen LogP contribution < -0.4 is 0 Å². The second kappa shape index (κ2) is 7.85. The van der Waals surface area contributed by atoms with Gasteiger partial charge in [0.25, 0.3) is 0 Å². The molecule has 5 heteroatoms. The Bertz CT molecular complexity index is 1120. The summed E-state index contributed by atoms with van der Waals surface area (Å²) in [5.41, 5.74) is -0.901. The molecule has 0 radical (unpaired) electrons. The van der Waals surface area contributed by atoms with E-state index in [1.807, 2.05) is 36.4 Å². The summed E-state index contributed by atoms with van der Waals surface area (Å²) < 4.78 is 40.2. The summed E-state index contributed by atoms with van der Waals surface area (Å²) in [6.45, 7) is 0. The highest BCUT2D eigenvalue weighted by molar-refractivity contribution is 7.85. The second-order valence-corrected chi connectivity index (χ2v) is 8.26. The van der Waals surface area contributed by atoms with Crippen LogP contribution in [-0.4, -0.2) is 15.1 Å². The molecule has 29 heavy (non-hydrogen) atoms. The van der Waals surface area contributed by atoms with Crippen LogP contribution in [0.3, 0.4) is 0 Å². The molecule has 0 saturated heterocycles. The largest absolute Gasteiger partial charge is 0.379 e. The van der Waals surface area contributed by atoms with Gasteiger partial charge in [0.15, 0.2) is 0 Å². The molecule has 0 fully saturated rings. The Morgan fingerprint density at radius 1 is 0.724 bits per heavy atom. The topological polar surface area (TPSA) is 37.3 Å². The van der Waals surface area contributed by atoms with Crippen molar-refractivity contribution in [1.29, 1.82) is 0 Å². The Kier molecular flexibility index (Phi) is 5.26. The summed E-state index contributed by atoms with van der Waals surface area (Å²) in [6, 6.07) is 23.9. The number of benzene rings is 4. The second-order valence-electron chi connectivity index (χ2n) is 6.84. The summed E-state index contributed by atoms with van der Waals surface area (Å²) >= 11 is 0. The van der Waals surface area contributed by atoms with Crippen molar-refractivity contribution >= 4 is 21.6 Å². The summed E-state index contributed by atoms with van der Waals surface area (Å²) in [6.07, 6.45) is 0. The van der Waals surface area contributed by atoms with Crippen LogP contribution in [0.15, 0.2) is 95.9 Å². The van der Waals surface area contributed by atoms with E-state index >= 15 is 0 Å². The van der Waals surface area contributed by atoms with Crippen molar-refractivity contribution in [3.05, 3.63) is 114 Å². The average molecular weight is 408 g/mol. The van der Waals surface area contributed by atoms with Gasteiger partial charge in [-0.2, -0.15) is 0 Å². The van der Waals surface area contributed by atoms with Gasteiger partial charge < -0.3 is 5.11 Å². The van der Waals surface area contributed by atoms with Gasteiger partial charge in [0, 0.05) is 4.90 Å². The molecule has 0 bridgehead atoms. The third-order valence-corrected chi connectivity index (χ3v) is 6.50. The molecule has 1 N–H and O–H groups in total. The molecule has 0 aromatic heterocycles. The summed E-state index contributed by atoms with van der Waals surface area (Å²) in [4.78, 5) is 0.603. The Hall–Kier alpha value is -2.89. The number of hydrogen-bond acceptors (Lipinski definition) is 2. The molecular formula is C24H18F2O2S. The normalized spacial score (nSPS) is 12.8. The van der Waals surface area contributed by atoms with Crippen molar-refractivity contribution < 1.29 is 18.1 Å². The molecule has 0 aliphatic heterocycles. The van der Waals surface area contributed by atoms with Gasteiger partial charge in [0.05, 0.1) is 16.6 Å². The van der Waals surface area contributed by atoms with Gasteiger partial charge in [-0.15, -0.1) is 0 Å². The van der Waals surface area contributed by atoms with Crippen LogP contribution >= 0.6 is 0 Å². The lowest BCUT2D eigenvalue weighted by molar-refractivity contribution is 0.106. The number of aliphatic hydroxyl groups is 1. The third kappa shape index (κ3) is 3.84. The van der Waals surface area contributed by atoms with Gasteiger partial charge in [-0.3, -0.25) is 4.21 Å². The maximum Gasteiger partial charge on any atom is 0.126 e. The smallest absolute Gasteiger partial charge is 0.126 e. The Morgan fingerprint density at radius 3 is 1.83 bits per heavy atom. The van der Waals surface area contributed by atoms with Crippen LogP contribution in [0, 0.1) is 11.6 Å². The fourth-order valence-corrected chi connectivity index (χ4v) is 4.98. The van der Waals surface area contributed by atoms with E-state index in [0.29, 0.717) is 16.0 Å². The van der Waals surface area contributed by atoms with Gasteiger partial charge in [-0.25, -0.2) is 8.78 Å². The Labute approximate surface area is 169 Å². The molecule has 0 saturated carbocycles. The van der Waals surface area contributed by atoms with Crippen molar-refractivity contribution in [2.24, 2.45) is 0 Å². The SMILES string of the molecule is O=S(CC(O)(c1ccc(F)cc1)c1ccc(F)cc1)c1cccc2ccccc12. The molecule has 4 aromatic carbocycles. The molecule has 1 unspecified atom stereocenters. The Morgan fingerprint density at radius 2 is 1.24 bits per heavy atom. The first-order chi connectivity index (χ1) is 14.0. The highest BCUT2D eigenvalue weighted by Gasteiger charge is 2.34. The van der Waals surface area contributed by atoms with Crippen molar-refractivity contribution in [3.8, 4) is 0 Å². The van der Waals surface area contributed by atoms with E-state index < -0.39 is 28.0 Å². The molecule has 0 heterocycles. The predicted octanol–water partition coefficient (Wildman–Crippen LogP) is 5.16. The first kappa shape index (κ1) is 19.4. The molecule has 0 amide bonds. The average Bonchev–Trinajstić information content (AvgIpc) is 2.74. The zero-order valence-electron chi connectivity index (χ0n) is 15.4. The Balaban J connectivity index is 1.80. The van der Waals surface area contributed by atoms with Crippen LogP contribution in [0.1, 0.15) is 11.1 Å². The predicted molar refractivity (Wildman–Crippen MR) is 111 cm³/mol. The maximum atomic E-state index is 13.4. The van der Waals surface area contributed by atoms with Crippen LogP contribution in [0.25, 0.3) is 10.8 Å². The van der Waals surface area contributed by atoms with E-state index in [2.05, 4.69) is 0 Å². The maximum absolute atomic E-state index is 13.4. The fourth-order valence-electron chi connectivity index (χ4n) is 3.45. The minimum atomic E-state index is -1.68. The van der Waals surface area contributed by atoms with Gasteiger partial charge in [0.2, 0.25) is 0 Å². The van der Waals surface area contributed by atoms with Gasteiger partial charge in [0.1, 0.15) is 17.2 Å². The molecule has 1 atom stereocenters. The standard InChI is InChI=1S/C24H18F2O2S/c25-20-12-8-18(9-13-20)24(27,19-10-14-21(26)15-11-19)16-29(28)23-7-3-5-17-4-1-2-6-22(17)23/h1-15,27H,16H2. The minimum Gasteiger partial charge on any atom is -0.379 e. The number of rotatable bonds is 5. The molecule has 4 aromatic rings.